The lowest BCUT2D eigenvalue weighted by Crippen LogP contribution is -2.07. The summed E-state index contributed by atoms with van der Waals surface area (Å²) in [6.07, 6.45) is 3.44. The summed E-state index contributed by atoms with van der Waals surface area (Å²) in [6, 6.07) is 1.62. The van der Waals surface area contributed by atoms with Gasteiger partial charge < -0.3 is 13.9 Å². The van der Waals surface area contributed by atoms with Crippen LogP contribution in [0.15, 0.2) is 18.5 Å². The Kier molecular flexibility index (Phi) is 4.75. The molecule has 0 saturated heterocycles. The van der Waals surface area contributed by atoms with Crippen molar-refractivity contribution in [2.45, 2.75) is 20.8 Å². The summed E-state index contributed by atoms with van der Waals surface area (Å²) >= 11 is 0.943. The van der Waals surface area contributed by atoms with Gasteiger partial charge in [0.1, 0.15) is 5.65 Å². The second-order valence-electron chi connectivity index (χ2n) is 5.12. The standard InChI is InChI=1S/C16H16N4O4S/c1-4-23-15(21)10-6-11(13-17-9(3)7-20(13)8-10)12-18-14(25-19-12)16(22)24-5-2/h6-8H,4-5H2,1-3H3. The minimum atomic E-state index is -0.525. The van der Waals surface area contributed by atoms with E-state index in [0.717, 1.165) is 17.2 Å². The molecule has 25 heavy (non-hydrogen) atoms. The summed E-state index contributed by atoms with van der Waals surface area (Å²) < 4.78 is 15.9. The summed E-state index contributed by atoms with van der Waals surface area (Å²) in [5.74, 6) is -0.656. The quantitative estimate of drug-likeness (QED) is 0.645. The number of nitrogens with zero attached hydrogens (tertiary/aromatic N) is 4. The molecular weight excluding hydrogens is 344 g/mol. The van der Waals surface area contributed by atoms with Crippen molar-refractivity contribution in [2.24, 2.45) is 0 Å². The first kappa shape index (κ1) is 17.0. The van der Waals surface area contributed by atoms with Crippen LogP contribution in [0.1, 0.15) is 39.7 Å². The zero-order valence-electron chi connectivity index (χ0n) is 14.0. The number of ether oxygens (including phenoxy) is 2. The van der Waals surface area contributed by atoms with Crippen LogP contribution in [0.25, 0.3) is 17.0 Å². The van der Waals surface area contributed by atoms with Crippen LogP contribution < -0.4 is 0 Å². The molecule has 130 valence electrons. The first-order valence-corrected chi connectivity index (χ1v) is 8.48. The fourth-order valence-electron chi connectivity index (χ4n) is 2.32. The molecule has 0 bridgehead atoms. The van der Waals surface area contributed by atoms with Crippen LogP contribution in [0, 0.1) is 6.92 Å². The summed E-state index contributed by atoms with van der Waals surface area (Å²) in [5.41, 5.74) is 2.28. The van der Waals surface area contributed by atoms with Crippen molar-refractivity contribution in [2.75, 3.05) is 13.2 Å². The molecule has 3 aromatic heterocycles. The van der Waals surface area contributed by atoms with Gasteiger partial charge >= 0.3 is 11.9 Å². The molecule has 0 aromatic carbocycles. The van der Waals surface area contributed by atoms with E-state index in [1.165, 1.54) is 0 Å². The molecule has 0 N–H and O–H groups in total. The minimum absolute atomic E-state index is 0.153. The summed E-state index contributed by atoms with van der Waals surface area (Å²) in [7, 11) is 0. The molecule has 0 saturated carbocycles. The van der Waals surface area contributed by atoms with E-state index in [2.05, 4.69) is 14.3 Å². The lowest BCUT2D eigenvalue weighted by molar-refractivity contribution is 0.0516. The second kappa shape index (κ2) is 6.98. The Morgan fingerprint density at radius 3 is 2.56 bits per heavy atom. The van der Waals surface area contributed by atoms with Gasteiger partial charge in [0, 0.05) is 12.4 Å². The van der Waals surface area contributed by atoms with Gasteiger partial charge in [-0.1, -0.05) is 0 Å². The molecule has 0 unspecified atom stereocenters. The molecule has 0 fully saturated rings. The highest BCUT2D eigenvalue weighted by Crippen LogP contribution is 2.25. The van der Waals surface area contributed by atoms with Crippen molar-refractivity contribution in [1.82, 2.24) is 18.7 Å². The Morgan fingerprint density at radius 1 is 1.12 bits per heavy atom. The van der Waals surface area contributed by atoms with Gasteiger partial charge in [-0.3, -0.25) is 0 Å². The molecular formula is C16H16N4O4S. The van der Waals surface area contributed by atoms with E-state index in [9.17, 15) is 9.59 Å². The SMILES string of the molecule is CCOC(=O)c1cc(-c2nsc(C(=O)OCC)n2)c2nc(C)cn2c1. The van der Waals surface area contributed by atoms with Crippen molar-refractivity contribution >= 4 is 29.1 Å². The van der Waals surface area contributed by atoms with E-state index in [1.54, 1.807) is 36.7 Å². The molecule has 9 heteroatoms. The number of pyridine rings is 1. The average Bonchev–Trinajstić information content (AvgIpc) is 3.20. The lowest BCUT2D eigenvalue weighted by Gasteiger charge is -2.05. The van der Waals surface area contributed by atoms with Crippen LogP contribution in [-0.4, -0.2) is 43.9 Å². The van der Waals surface area contributed by atoms with Crippen LogP contribution in [-0.2, 0) is 9.47 Å². The van der Waals surface area contributed by atoms with E-state index in [1.807, 2.05) is 6.92 Å². The highest BCUT2D eigenvalue weighted by Gasteiger charge is 2.20. The molecule has 0 spiro atoms. The summed E-state index contributed by atoms with van der Waals surface area (Å²) in [5, 5.41) is 0.153. The maximum absolute atomic E-state index is 12.1. The average molecular weight is 360 g/mol. The number of rotatable bonds is 5. The highest BCUT2D eigenvalue weighted by atomic mass is 32.1. The largest absolute Gasteiger partial charge is 0.462 e. The fraction of sp³-hybridized carbons (Fsp3) is 0.312. The van der Waals surface area contributed by atoms with E-state index < -0.39 is 11.9 Å². The first-order valence-electron chi connectivity index (χ1n) is 7.71. The van der Waals surface area contributed by atoms with Gasteiger partial charge in [-0.05, 0) is 38.4 Å². The molecule has 0 radical (unpaired) electrons. The smallest absolute Gasteiger partial charge is 0.369 e. The maximum atomic E-state index is 12.1. The Hall–Kier alpha value is -2.81. The predicted molar refractivity (Wildman–Crippen MR) is 90.7 cm³/mol. The molecule has 3 rings (SSSR count). The van der Waals surface area contributed by atoms with Gasteiger partial charge in [0.2, 0.25) is 5.01 Å². The van der Waals surface area contributed by atoms with Crippen molar-refractivity contribution in [1.29, 1.82) is 0 Å². The van der Waals surface area contributed by atoms with Crippen LogP contribution in [0.3, 0.4) is 0 Å². The zero-order valence-corrected chi connectivity index (χ0v) is 14.8. The predicted octanol–water partition coefficient (Wildman–Crippen LogP) is 2.51. The number of aryl methyl sites for hydroxylation is 1. The fourth-order valence-corrected chi connectivity index (χ4v) is 2.89. The third-order valence-electron chi connectivity index (χ3n) is 3.30. The van der Waals surface area contributed by atoms with E-state index >= 15 is 0 Å². The van der Waals surface area contributed by atoms with Gasteiger partial charge in [0.25, 0.3) is 0 Å². The van der Waals surface area contributed by atoms with Crippen molar-refractivity contribution in [3.8, 4) is 11.4 Å². The van der Waals surface area contributed by atoms with Crippen LogP contribution in [0.5, 0.6) is 0 Å². The number of aromatic nitrogens is 4. The van der Waals surface area contributed by atoms with E-state index in [0.29, 0.717) is 22.6 Å². The Morgan fingerprint density at radius 2 is 1.84 bits per heavy atom. The summed E-state index contributed by atoms with van der Waals surface area (Å²) in [4.78, 5) is 32.6. The maximum Gasteiger partial charge on any atom is 0.369 e. The molecule has 0 amide bonds. The molecule has 0 atom stereocenters. The number of fused-ring (bicyclic) bond motifs is 1. The molecule has 0 aliphatic carbocycles. The second-order valence-corrected chi connectivity index (χ2v) is 5.87. The Bertz CT molecular complexity index is 947. The van der Waals surface area contributed by atoms with Gasteiger partial charge in [-0.15, -0.1) is 0 Å². The Balaban J connectivity index is 2.11. The van der Waals surface area contributed by atoms with E-state index in [-0.39, 0.29) is 18.2 Å². The molecule has 8 nitrogen and oxygen atoms in total. The number of esters is 2. The topological polar surface area (TPSA) is 95.7 Å². The van der Waals surface area contributed by atoms with Gasteiger partial charge in [-0.2, -0.15) is 4.37 Å². The van der Waals surface area contributed by atoms with Gasteiger partial charge in [-0.25, -0.2) is 19.6 Å². The number of hydrogen-bond donors (Lipinski definition) is 0. The Labute approximate surface area is 147 Å². The number of carbonyl (C=O) groups excluding carboxylic acids is 2. The molecule has 3 aromatic rings. The highest BCUT2D eigenvalue weighted by molar-refractivity contribution is 7.07. The third-order valence-corrected chi connectivity index (χ3v) is 3.99. The molecule has 0 aliphatic rings. The molecule has 3 heterocycles. The van der Waals surface area contributed by atoms with Crippen LogP contribution in [0.4, 0.5) is 0 Å². The van der Waals surface area contributed by atoms with Crippen molar-refractivity contribution in [3.63, 3.8) is 0 Å². The number of carbonyl (C=O) groups is 2. The monoisotopic (exact) mass is 360 g/mol. The van der Waals surface area contributed by atoms with Gasteiger partial charge in [0.05, 0.1) is 30.0 Å². The minimum Gasteiger partial charge on any atom is -0.462 e. The number of imidazole rings is 1. The third kappa shape index (κ3) is 3.36. The van der Waals surface area contributed by atoms with E-state index in [4.69, 9.17) is 9.47 Å². The van der Waals surface area contributed by atoms with Crippen LogP contribution >= 0.6 is 11.5 Å². The van der Waals surface area contributed by atoms with Gasteiger partial charge in [0.15, 0.2) is 5.82 Å². The van der Waals surface area contributed by atoms with Crippen molar-refractivity contribution < 1.29 is 19.1 Å². The number of hydrogen-bond acceptors (Lipinski definition) is 8. The zero-order chi connectivity index (χ0) is 18.0. The van der Waals surface area contributed by atoms with Crippen molar-refractivity contribution in [3.05, 3.63) is 34.7 Å². The normalized spacial score (nSPS) is 10.8. The molecule has 0 aliphatic heterocycles. The summed E-state index contributed by atoms with van der Waals surface area (Å²) in [6.45, 7) is 5.85. The first-order chi connectivity index (χ1) is 12.0. The van der Waals surface area contributed by atoms with Crippen LogP contribution in [0.2, 0.25) is 0 Å². The lowest BCUT2D eigenvalue weighted by atomic mass is 10.2.